The minimum absolute atomic E-state index is 0.0414. The molecular formula is C20H20N4O5. The Balaban J connectivity index is 1.45. The summed E-state index contributed by atoms with van der Waals surface area (Å²) in [6.07, 6.45) is 2.22. The zero-order valence-electron chi connectivity index (χ0n) is 15.7. The first-order valence-electron chi connectivity index (χ1n) is 8.91. The van der Waals surface area contributed by atoms with Crippen molar-refractivity contribution in [1.29, 1.82) is 0 Å². The molecule has 0 saturated carbocycles. The molecule has 1 aromatic carbocycles. The number of carbonyl (C=O) groups is 3. The molecule has 1 unspecified atom stereocenters. The number of hydrogen-bond acceptors (Lipinski definition) is 6. The van der Waals surface area contributed by atoms with Gasteiger partial charge in [-0.25, -0.2) is 9.59 Å². The summed E-state index contributed by atoms with van der Waals surface area (Å²) in [6.45, 7) is 1.99. The molecule has 1 atom stereocenters. The summed E-state index contributed by atoms with van der Waals surface area (Å²) in [5, 5.41) is 8.74. The standard InChI is InChI=1S/C20H20N4O5/c1-14(18(25)23-20(27)21-12-15-6-3-2-4-7-15)28-19(26)17-9-8-16(29-17)13-24-11-5-10-22-24/h2-11,14H,12-13H2,1H3,(H2,21,23,25,27). The molecule has 9 heteroatoms. The van der Waals surface area contributed by atoms with Crippen LogP contribution < -0.4 is 10.6 Å². The highest BCUT2D eigenvalue weighted by molar-refractivity contribution is 5.98. The van der Waals surface area contributed by atoms with Crippen molar-refractivity contribution < 1.29 is 23.5 Å². The summed E-state index contributed by atoms with van der Waals surface area (Å²) < 4.78 is 12.1. The van der Waals surface area contributed by atoms with E-state index in [1.165, 1.54) is 13.0 Å². The summed E-state index contributed by atoms with van der Waals surface area (Å²) >= 11 is 0. The first-order chi connectivity index (χ1) is 14.0. The number of carbonyl (C=O) groups excluding carboxylic acids is 3. The van der Waals surface area contributed by atoms with Crippen LogP contribution in [0.25, 0.3) is 0 Å². The van der Waals surface area contributed by atoms with Gasteiger partial charge in [0, 0.05) is 18.9 Å². The van der Waals surface area contributed by atoms with Crippen molar-refractivity contribution in [3.8, 4) is 0 Å². The zero-order valence-corrected chi connectivity index (χ0v) is 15.7. The van der Waals surface area contributed by atoms with Gasteiger partial charge in [0.05, 0.1) is 6.54 Å². The van der Waals surface area contributed by atoms with E-state index in [2.05, 4.69) is 15.7 Å². The van der Waals surface area contributed by atoms with Crippen LogP contribution in [0.3, 0.4) is 0 Å². The van der Waals surface area contributed by atoms with Gasteiger partial charge in [-0.15, -0.1) is 0 Å². The molecule has 0 spiro atoms. The Hall–Kier alpha value is -3.88. The van der Waals surface area contributed by atoms with Crippen LogP contribution in [-0.2, 0) is 22.6 Å². The second-order valence-corrected chi connectivity index (χ2v) is 6.17. The number of benzene rings is 1. The van der Waals surface area contributed by atoms with Crippen LogP contribution in [0.4, 0.5) is 4.79 Å². The van der Waals surface area contributed by atoms with Crippen LogP contribution in [0.2, 0.25) is 0 Å². The quantitative estimate of drug-likeness (QED) is 0.591. The van der Waals surface area contributed by atoms with Gasteiger partial charge < -0.3 is 14.5 Å². The van der Waals surface area contributed by atoms with E-state index in [1.807, 2.05) is 30.3 Å². The SMILES string of the molecule is CC(OC(=O)c1ccc(Cn2cccn2)o1)C(=O)NC(=O)NCc1ccccc1. The topological polar surface area (TPSA) is 115 Å². The second kappa shape index (κ2) is 9.36. The number of hydrogen-bond donors (Lipinski definition) is 2. The number of esters is 1. The van der Waals surface area contributed by atoms with E-state index in [0.29, 0.717) is 12.3 Å². The highest BCUT2D eigenvalue weighted by Crippen LogP contribution is 2.11. The van der Waals surface area contributed by atoms with Crippen molar-refractivity contribution in [2.24, 2.45) is 0 Å². The molecule has 29 heavy (non-hydrogen) atoms. The predicted octanol–water partition coefficient (Wildman–Crippen LogP) is 2.10. The largest absolute Gasteiger partial charge is 0.452 e. The lowest BCUT2D eigenvalue weighted by Crippen LogP contribution is -2.44. The van der Waals surface area contributed by atoms with E-state index < -0.39 is 24.0 Å². The first-order valence-corrected chi connectivity index (χ1v) is 8.91. The normalized spacial score (nSPS) is 11.5. The lowest BCUT2D eigenvalue weighted by Gasteiger charge is -2.12. The minimum atomic E-state index is -1.18. The maximum atomic E-state index is 12.2. The lowest BCUT2D eigenvalue weighted by atomic mass is 10.2. The first kappa shape index (κ1) is 19.9. The number of urea groups is 1. The van der Waals surface area contributed by atoms with E-state index in [1.54, 1.807) is 29.2 Å². The monoisotopic (exact) mass is 396 g/mol. The van der Waals surface area contributed by atoms with Crippen molar-refractivity contribution in [1.82, 2.24) is 20.4 Å². The Bertz CT molecular complexity index is 966. The third kappa shape index (κ3) is 5.80. The fourth-order valence-corrected chi connectivity index (χ4v) is 2.43. The Labute approximate surface area is 166 Å². The molecule has 2 heterocycles. The van der Waals surface area contributed by atoms with Gasteiger partial charge >= 0.3 is 12.0 Å². The average molecular weight is 396 g/mol. The summed E-state index contributed by atoms with van der Waals surface area (Å²) in [7, 11) is 0. The molecule has 0 aliphatic rings. The minimum Gasteiger partial charge on any atom is -0.452 e. The highest BCUT2D eigenvalue weighted by atomic mass is 16.6. The van der Waals surface area contributed by atoms with E-state index in [9.17, 15) is 14.4 Å². The van der Waals surface area contributed by atoms with Gasteiger partial charge in [-0.2, -0.15) is 5.10 Å². The van der Waals surface area contributed by atoms with Crippen LogP contribution >= 0.6 is 0 Å². The van der Waals surface area contributed by atoms with Gasteiger partial charge in [0.15, 0.2) is 6.10 Å². The van der Waals surface area contributed by atoms with Gasteiger partial charge in [-0.1, -0.05) is 30.3 Å². The second-order valence-electron chi connectivity index (χ2n) is 6.17. The van der Waals surface area contributed by atoms with Crippen molar-refractivity contribution in [2.75, 3.05) is 0 Å². The highest BCUT2D eigenvalue weighted by Gasteiger charge is 2.22. The van der Waals surface area contributed by atoms with Crippen LogP contribution in [0.15, 0.2) is 65.3 Å². The van der Waals surface area contributed by atoms with Crippen molar-refractivity contribution in [3.05, 3.63) is 78.0 Å². The summed E-state index contributed by atoms with van der Waals surface area (Å²) in [6, 6.07) is 13.4. The van der Waals surface area contributed by atoms with E-state index in [-0.39, 0.29) is 12.3 Å². The Morgan fingerprint density at radius 1 is 1.14 bits per heavy atom. The molecule has 150 valence electrons. The Kier molecular flexibility index (Phi) is 6.41. The van der Waals surface area contributed by atoms with Crippen molar-refractivity contribution in [3.63, 3.8) is 0 Å². The maximum absolute atomic E-state index is 12.2. The molecule has 2 N–H and O–H groups in total. The van der Waals surface area contributed by atoms with Gasteiger partial charge in [-0.3, -0.25) is 14.8 Å². The van der Waals surface area contributed by atoms with Crippen molar-refractivity contribution >= 4 is 17.9 Å². The molecule has 3 amide bonds. The number of nitrogens with one attached hydrogen (secondary N) is 2. The molecule has 0 radical (unpaired) electrons. The van der Waals surface area contributed by atoms with Gasteiger partial charge in [0.1, 0.15) is 5.76 Å². The summed E-state index contributed by atoms with van der Waals surface area (Å²) in [4.78, 5) is 36.0. The maximum Gasteiger partial charge on any atom is 0.375 e. The van der Waals surface area contributed by atoms with Crippen LogP contribution in [-0.4, -0.2) is 33.8 Å². The molecule has 3 rings (SSSR count). The van der Waals surface area contributed by atoms with Crippen molar-refractivity contribution in [2.45, 2.75) is 26.1 Å². The smallest absolute Gasteiger partial charge is 0.375 e. The third-order valence-electron chi connectivity index (χ3n) is 3.93. The number of amides is 3. The molecule has 0 aliphatic carbocycles. The number of ether oxygens (including phenoxy) is 1. The molecular weight excluding hydrogens is 376 g/mol. The average Bonchev–Trinajstić information content (AvgIpc) is 3.39. The number of rotatable bonds is 7. The van der Waals surface area contributed by atoms with Gasteiger partial charge in [0.2, 0.25) is 5.76 Å². The molecule has 0 saturated heterocycles. The lowest BCUT2D eigenvalue weighted by molar-refractivity contribution is -0.128. The van der Waals surface area contributed by atoms with E-state index in [4.69, 9.17) is 9.15 Å². The van der Waals surface area contributed by atoms with E-state index in [0.717, 1.165) is 5.56 Å². The predicted molar refractivity (Wildman–Crippen MR) is 102 cm³/mol. The van der Waals surface area contributed by atoms with Crippen LogP contribution in [0.1, 0.15) is 28.8 Å². The number of furan rings is 1. The Morgan fingerprint density at radius 3 is 2.66 bits per heavy atom. The molecule has 0 bridgehead atoms. The number of nitrogens with zero attached hydrogens (tertiary/aromatic N) is 2. The fraction of sp³-hybridized carbons (Fsp3) is 0.200. The number of imide groups is 1. The molecule has 2 aromatic heterocycles. The summed E-state index contributed by atoms with van der Waals surface area (Å²) in [5.41, 5.74) is 0.887. The number of aromatic nitrogens is 2. The summed E-state index contributed by atoms with van der Waals surface area (Å²) in [5.74, 6) is -1.07. The van der Waals surface area contributed by atoms with Crippen LogP contribution in [0, 0.1) is 0 Å². The third-order valence-corrected chi connectivity index (χ3v) is 3.93. The molecule has 9 nitrogen and oxygen atoms in total. The van der Waals surface area contributed by atoms with E-state index >= 15 is 0 Å². The zero-order chi connectivity index (χ0) is 20.6. The Morgan fingerprint density at radius 2 is 1.93 bits per heavy atom. The van der Waals surface area contributed by atoms with Crippen LogP contribution in [0.5, 0.6) is 0 Å². The molecule has 0 aliphatic heterocycles. The van der Waals surface area contributed by atoms with Gasteiger partial charge in [0.25, 0.3) is 5.91 Å². The van der Waals surface area contributed by atoms with Gasteiger partial charge in [-0.05, 0) is 30.7 Å². The molecule has 3 aromatic rings. The fourth-order valence-electron chi connectivity index (χ4n) is 2.43. The molecule has 0 fully saturated rings.